The molecule has 6 nitrogen and oxygen atoms in total. The molecule has 0 atom stereocenters. The Balaban J connectivity index is 1.98. The monoisotopic (exact) mass is 507 g/mol. The average molecular weight is 508 g/mol. The van der Waals surface area contributed by atoms with Gasteiger partial charge in [-0.05, 0) is 55.3 Å². The Bertz CT molecular complexity index is 1710. The van der Waals surface area contributed by atoms with Crippen LogP contribution in [0.3, 0.4) is 0 Å². The summed E-state index contributed by atoms with van der Waals surface area (Å²) < 4.78 is 7.80. The van der Waals surface area contributed by atoms with E-state index in [2.05, 4.69) is 11.9 Å². The molecule has 37 heavy (non-hydrogen) atoms. The van der Waals surface area contributed by atoms with Crippen LogP contribution >= 0.6 is 11.3 Å². The Kier molecular flexibility index (Phi) is 7.82. The number of carbonyl (C=O) groups is 1. The Morgan fingerprint density at radius 3 is 2.59 bits per heavy atom. The van der Waals surface area contributed by atoms with E-state index in [1.54, 1.807) is 24.3 Å². The maximum Gasteiger partial charge on any atom is 0.273 e. The minimum atomic E-state index is -0.585. The summed E-state index contributed by atoms with van der Waals surface area (Å²) in [5.41, 5.74) is 3.20. The van der Waals surface area contributed by atoms with Crippen LogP contribution in [0.2, 0.25) is 0 Å². The van der Waals surface area contributed by atoms with Gasteiger partial charge in [-0.15, -0.1) is 11.3 Å². The number of amides is 1. The van der Waals surface area contributed by atoms with E-state index < -0.39 is 5.91 Å². The third kappa shape index (κ3) is 5.61. The number of anilines is 1. The second kappa shape index (κ2) is 11.4. The van der Waals surface area contributed by atoms with Crippen LogP contribution in [0.1, 0.15) is 16.7 Å². The highest BCUT2D eigenvalue weighted by Gasteiger charge is 2.18. The van der Waals surface area contributed by atoms with Crippen molar-refractivity contribution in [1.82, 2.24) is 4.57 Å². The van der Waals surface area contributed by atoms with Gasteiger partial charge in [-0.3, -0.25) is 14.2 Å². The van der Waals surface area contributed by atoms with Crippen molar-refractivity contribution in [3.63, 3.8) is 0 Å². The number of carbonyl (C=O) groups excluding carboxylic acids is 1. The molecule has 0 bridgehead atoms. The van der Waals surface area contributed by atoms with E-state index in [0.29, 0.717) is 33.8 Å². The third-order valence-electron chi connectivity index (χ3n) is 5.57. The number of thiazole rings is 1. The lowest BCUT2D eigenvalue weighted by molar-refractivity contribution is -0.111. The van der Waals surface area contributed by atoms with Crippen molar-refractivity contribution in [3.8, 4) is 17.5 Å². The molecule has 4 rings (SSSR count). The first-order valence-electron chi connectivity index (χ1n) is 11.6. The standard InChI is InChI=1S/C30H25N3O3S/c1-4-16-36-26-15-8-6-12-22(26)18-27-29(35)33(25-14-7-5-11-21(25)3)30(37-27)24(19-31)28(34)32-23-13-9-10-20(2)17-23/h4-15,17-18H,1,16H2,2-3H3,(H,32,34)/b27-18?,30-24-. The van der Waals surface area contributed by atoms with Crippen molar-refractivity contribution in [2.24, 2.45) is 0 Å². The molecular weight excluding hydrogens is 482 g/mol. The molecule has 1 amide bonds. The minimum absolute atomic E-state index is 0.150. The fourth-order valence-corrected chi connectivity index (χ4v) is 4.90. The molecule has 1 aromatic heterocycles. The number of aromatic nitrogens is 1. The summed E-state index contributed by atoms with van der Waals surface area (Å²) in [6.07, 6.45) is 3.36. The fourth-order valence-electron chi connectivity index (χ4n) is 3.82. The van der Waals surface area contributed by atoms with E-state index in [4.69, 9.17) is 4.74 Å². The quantitative estimate of drug-likeness (QED) is 0.380. The zero-order valence-electron chi connectivity index (χ0n) is 20.5. The Labute approximate surface area is 218 Å². The number of hydrogen-bond acceptors (Lipinski definition) is 5. The van der Waals surface area contributed by atoms with E-state index in [1.165, 1.54) is 4.57 Å². The summed E-state index contributed by atoms with van der Waals surface area (Å²) in [5.74, 6) is 0.0128. The number of nitrogens with zero attached hydrogens (tertiary/aromatic N) is 2. The van der Waals surface area contributed by atoms with Gasteiger partial charge in [0.15, 0.2) is 5.57 Å². The average Bonchev–Trinajstić information content (AvgIpc) is 3.19. The summed E-state index contributed by atoms with van der Waals surface area (Å²) in [6, 6.07) is 24.0. The summed E-state index contributed by atoms with van der Waals surface area (Å²) in [7, 11) is 0. The lowest BCUT2D eigenvalue weighted by Crippen LogP contribution is -2.32. The summed E-state index contributed by atoms with van der Waals surface area (Å²) in [6.45, 7) is 7.80. The SMILES string of the molecule is C=CCOc1ccccc1C=c1s/c(=C(/C#N)C(=O)Nc2cccc(C)c2)n(-c2ccccc2C)c1=O. The highest BCUT2D eigenvalue weighted by atomic mass is 32.1. The molecule has 0 saturated carbocycles. The largest absolute Gasteiger partial charge is 0.489 e. The Morgan fingerprint density at radius 2 is 1.86 bits per heavy atom. The number of para-hydroxylation sites is 2. The molecule has 7 heteroatoms. The van der Waals surface area contributed by atoms with Gasteiger partial charge in [-0.25, -0.2) is 0 Å². The van der Waals surface area contributed by atoms with Gasteiger partial charge in [-0.2, -0.15) is 5.26 Å². The summed E-state index contributed by atoms with van der Waals surface area (Å²) in [4.78, 5) is 27.0. The molecule has 0 aliphatic rings. The van der Waals surface area contributed by atoms with Gasteiger partial charge in [0.1, 0.15) is 23.1 Å². The lowest BCUT2D eigenvalue weighted by Gasteiger charge is -2.08. The fraction of sp³-hybridized carbons (Fsp3) is 0.100. The van der Waals surface area contributed by atoms with Crippen LogP contribution in [0.15, 0.2) is 90.2 Å². The van der Waals surface area contributed by atoms with Gasteiger partial charge in [0, 0.05) is 11.3 Å². The molecule has 1 N–H and O–H groups in total. The molecule has 1 heterocycles. The zero-order valence-corrected chi connectivity index (χ0v) is 21.3. The van der Waals surface area contributed by atoms with E-state index >= 15 is 0 Å². The van der Waals surface area contributed by atoms with Crippen molar-refractivity contribution < 1.29 is 9.53 Å². The van der Waals surface area contributed by atoms with Crippen LogP contribution in [0.4, 0.5) is 5.69 Å². The topological polar surface area (TPSA) is 84.1 Å². The molecular formula is C30H25N3O3S. The number of benzene rings is 3. The van der Waals surface area contributed by atoms with Crippen molar-refractivity contribution in [3.05, 3.63) is 122 Å². The zero-order chi connectivity index (χ0) is 26.4. The summed E-state index contributed by atoms with van der Waals surface area (Å²) in [5, 5.41) is 12.8. The number of nitriles is 1. The molecule has 0 radical (unpaired) electrons. The maximum atomic E-state index is 13.7. The van der Waals surface area contributed by atoms with Crippen LogP contribution in [0.25, 0.3) is 17.3 Å². The first-order valence-corrected chi connectivity index (χ1v) is 12.4. The van der Waals surface area contributed by atoms with Gasteiger partial charge >= 0.3 is 0 Å². The molecule has 0 unspecified atom stereocenters. The summed E-state index contributed by atoms with van der Waals surface area (Å²) >= 11 is 1.09. The second-order valence-electron chi connectivity index (χ2n) is 8.29. The Hall–Kier alpha value is -4.67. The van der Waals surface area contributed by atoms with E-state index in [1.807, 2.05) is 80.6 Å². The predicted octanol–water partition coefficient (Wildman–Crippen LogP) is 4.22. The molecule has 0 saturated heterocycles. The minimum Gasteiger partial charge on any atom is -0.489 e. The van der Waals surface area contributed by atoms with Crippen molar-refractivity contribution >= 4 is 34.6 Å². The van der Waals surface area contributed by atoms with Crippen LogP contribution in [-0.4, -0.2) is 17.1 Å². The number of rotatable bonds is 7. The van der Waals surface area contributed by atoms with Crippen LogP contribution in [0, 0.1) is 25.2 Å². The number of hydrogen-bond donors (Lipinski definition) is 1. The van der Waals surface area contributed by atoms with Gasteiger partial charge in [0.2, 0.25) is 0 Å². The molecule has 0 aliphatic carbocycles. The maximum absolute atomic E-state index is 13.7. The lowest BCUT2D eigenvalue weighted by atomic mass is 10.2. The third-order valence-corrected chi connectivity index (χ3v) is 6.66. The number of ether oxygens (including phenoxy) is 1. The van der Waals surface area contributed by atoms with E-state index in [9.17, 15) is 14.9 Å². The van der Waals surface area contributed by atoms with E-state index in [-0.39, 0.29) is 15.8 Å². The van der Waals surface area contributed by atoms with Crippen molar-refractivity contribution in [1.29, 1.82) is 5.26 Å². The molecule has 3 aromatic carbocycles. The van der Waals surface area contributed by atoms with Crippen LogP contribution in [-0.2, 0) is 4.79 Å². The first-order chi connectivity index (χ1) is 17.9. The molecule has 184 valence electrons. The van der Waals surface area contributed by atoms with Gasteiger partial charge in [0.25, 0.3) is 11.5 Å². The Morgan fingerprint density at radius 1 is 1.11 bits per heavy atom. The van der Waals surface area contributed by atoms with Crippen molar-refractivity contribution in [2.75, 3.05) is 11.9 Å². The smallest absolute Gasteiger partial charge is 0.273 e. The second-order valence-corrected chi connectivity index (χ2v) is 9.32. The van der Waals surface area contributed by atoms with Crippen molar-refractivity contribution in [2.45, 2.75) is 13.8 Å². The van der Waals surface area contributed by atoms with Gasteiger partial charge in [-0.1, -0.05) is 61.2 Å². The molecule has 0 spiro atoms. The predicted molar refractivity (Wildman–Crippen MR) is 148 cm³/mol. The molecule has 0 fully saturated rings. The number of nitrogens with one attached hydrogen (secondary N) is 1. The first kappa shape index (κ1) is 25.4. The molecule has 0 aliphatic heterocycles. The van der Waals surface area contributed by atoms with Crippen LogP contribution < -0.4 is 24.8 Å². The van der Waals surface area contributed by atoms with Crippen LogP contribution in [0.5, 0.6) is 5.75 Å². The van der Waals surface area contributed by atoms with E-state index in [0.717, 1.165) is 22.5 Å². The van der Waals surface area contributed by atoms with Gasteiger partial charge < -0.3 is 10.1 Å². The molecule has 4 aromatic rings. The highest BCUT2D eigenvalue weighted by molar-refractivity contribution is 7.07. The highest BCUT2D eigenvalue weighted by Crippen LogP contribution is 2.19. The van der Waals surface area contributed by atoms with Gasteiger partial charge in [0.05, 0.1) is 10.2 Å². The number of aryl methyl sites for hydroxylation is 2. The normalized spacial score (nSPS) is 12.0.